The first kappa shape index (κ1) is 12.3. The molecule has 0 saturated carbocycles. The summed E-state index contributed by atoms with van der Waals surface area (Å²) in [5.41, 5.74) is 8.25. The fraction of sp³-hybridized carbons (Fsp3) is 0.333. The molecule has 98 valence electrons. The Balaban J connectivity index is 2.11. The molecule has 0 N–H and O–H groups in total. The Hall–Kier alpha value is -1.76. The van der Waals surface area contributed by atoms with Crippen molar-refractivity contribution in [3.63, 3.8) is 0 Å². The minimum Gasteiger partial charge on any atom is -0.338 e. The van der Waals surface area contributed by atoms with Crippen LogP contribution in [0.25, 0.3) is 0 Å². The third-order valence-corrected chi connectivity index (χ3v) is 4.06. The molecule has 1 heteroatoms. The van der Waals surface area contributed by atoms with Crippen molar-refractivity contribution < 1.29 is 0 Å². The van der Waals surface area contributed by atoms with Crippen molar-refractivity contribution >= 4 is 11.4 Å². The zero-order chi connectivity index (χ0) is 13.6. The summed E-state index contributed by atoms with van der Waals surface area (Å²) < 4.78 is 0. The quantitative estimate of drug-likeness (QED) is 0.710. The highest BCUT2D eigenvalue weighted by molar-refractivity contribution is 5.73. The standard InChI is InChI=1S/C18H21N/c1-12-5-7-17(14(3)9-12)19-15(4)11-16-10-13(2)6-8-18(16)19/h5-10,15H,11H2,1-4H3. The zero-order valence-electron chi connectivity index (χ0n) is 12.2. The molecule has 19 heavy (non-hydrogen) atoms. The van der Waals surface area contributed by atoms with Crippen LogP contribution in [0.5, 0.6) is 0 Å². The zero-order valence-corrected chi connectivity index (χ0v) is 12.2. The SMILES string of the molecule is Cc1ccc(N2c3ccc(C)cc3CC2C)c(C)c1. The molecule has 0 spiro atoms. The Kier molecular flexibility index (Phi) is 2.85. The van der Waals surface area contributed by atoms with E-state index in [-0.39, 0.29) is 0 Å². The molecule has 0 radical (unpaired) electrons. The van der Waals surface area contributed by atoms with Crippen molar-refractivity contribution in [2.24, 2.45) is 0 Å². The van der Waals surface area contributed by atoms with Gasteiger partial charge in [-0.2, -0.15) is 0 Å². The predicted octanol–water partition coefficient (Wildman–Crippen LogP) is 4.69. The van der Waals surface area contributed by atoms with Gasteiger partial charge in [-0.25, -0.2) is 0 Å². The van der Waals surface area contributed by atoms with Gasteiger partial charge in [-0.3, -0.25) is 0 Å². The number of hydrogen-bond acceptors (Lipinski definition) is 1. The Morgan fingerprint density at radius 2 is 1.53 bits per heavy atom. The summed E-state index contributed by atoms with van der Waals surface area (Å²) >= 11 is 0. The van der Waals surface area contributed by atoms with Crippen LogP contribution >= 0.6 is 0 Å². The highest BCUT2D eigenvalue weighted by atomic mass is 15.2. The molecule has 0 aliphatic carbocycles. The summed E-state index contributed by atoms with van der Waals surface area (Å²) in [5, 5.41) is 0. The lowest BCUT2D eigenvalue weighted by Crippen LogP contribution is -2.24. The molecule has 1 heterocycles. The van der Waals surface area contributed by atoms with Gasteiger partial charge in [-0.1, -0.05) is 35.4 Å². The van der Waals surface area contributed by atoms with Gasteiger partial charge in [-0.15, -0.1) is 0 Å². The van der Waals surface area contributed by atoms with Gasteiger partial charge in [0, 0.05) is 17.4 Å². The highest BCUT2D eigenvalue weighted by Gasteiger charge is 2.27. The van der Waals surface area contributed by atoms with Gasteiger partial charge in [0.25, 0.3) is 0 Å². The normalized spacial score (nSPS) is 17.7. The first-order chi connectivity index (χ1) is 9.06. The van der Waals surface area contributed by atoms with E-state index in [1.54, 1.807) is 0 Å². The summed E-state index contributed by atoms with van der Waals surface area (Å²) in [4.78, 5) is 2.49. The number of rotatable bonds is 1. The summed E-state index contributed by atoms with van der Waals surface area (Å²) in [7, 11) is 0. The number of hydrogen-bond donors (Lipinski definition) is 0. The second-order valence-corrected chi connectivity index (χ2v) is 5.85. The van der Waals surface area contributed by atoms with Crippen LogP contribution in [0.15, 0.2) is 36.4 Å². The van der Waals surface area contributed by atoms with Gasteiger partial charge in [0.1, 0.15) is 0 Å². The predicted molar refractivity (Wildman–Crippen MR) is 82.4 cm³/mol. The molecule has 1 unspecified atom stereocenters. The minimum absolute atomic E-state index is 0.540. The lowest BCUT2D eigenvalue weighted by molar-refractivity contribution is 0.757. The summed E-state index contributed by atoms with van der Waals surface area (Å²) in [5.74, 6) is 0. The molecule has 1 nitrogen and oxygen atoms in total. The Bertz CT molecular complexity index is 628. The van der Waals surface area contributed by atoms with E-state index < -0.39 is 0 Å². The third kappa shape index (κ3) is 2.03. The molecule has 1 aliphatic heterocycles. The first-order valence-corrected chi connectivity index (χ1v) is 7.02. The van der Waals surface area contributed by atoms with E-state index >= 15 is 0 Å². The smallest absolute Gasteiger partial charge is 0.0446 e. The van der Waals surface area contributed by atoms with E-state index in [1.165, 1.54) is 33.6 Å². The summed E-state index contributed by atoms with van der Waals surface area (Å²) in [6.07, 6.45) is 1.14. The molecule has 0 fully saturated rings. The highest BCUT2D eigenvalue weighted by Crippen LogP contribution is 2.40. The molecular weight excluding hydrogens is 230 g/mol. The Labute approximate surface area is 115 Å². The van der Waals surface area contributed by atoms with Crippen LogP contribution < -0.4 is 4.90 Å². The topological polar surface area (TPSA) is 3.24 Å². The fourth-order valence-electron chi connectivity index (χ4n) is 3.20. The van der Waals surface area contributed by atoms with Gasteiger partial charge in [0.15, 0.2) is 0 Å². The van der Waals surface area contributed by atoms with Crippen LogP contribution in [-0.2, 0) is 6.42 Å². The van der Waals surface area contributed by atoms with E-state index in [1.807, 2.05) is 0 Å². The molecule has 2 aromatic carbocycles. The monoisotopic (exact) mass is 251 g/mol. The van der Waals surface area contributed by atoms with Crippen LogP contribution in [0.2, 0.25) is 0 Å². The summed E-state index contributed by atoms with van der Waals surface area (Å²) in [6, 6.07) is 14.1. The van der Waals surface area contributed by atoms with Crippen molar-refractivity contribution in [1.82, 2.24) is 0 Å². The van der Waals surface area contributed by atoms with Crippen LogP contribution in [0.4, 0.5) is 11.4 Å². The largest absolute Gasteiger partial charge is 0.338 e. The van der Waals surface area contributed by atoms with Crippen molar-refractivity contribution in [3.8, 4) is 0 Å². The van der Waals surface area contributed by atoms with Crippen molar-refractivity contribution in [1.29, 1.82) is 0 Å². The molecule has 0 aromatic heterocycles. The molecule has 0 saturated heterocycles. The van der Waals surface area contributed by atoms with Gasteiger partial charge in [0.05, 0.1) is 0 Å². The number of anilines is 2. The van der Waals surface area contributed by atoms with Gasteiger partial charge >= 0.3 is 0 Å². The molecule has 0 amide bonds. The van der Waals surface area contributed by atoms with Crippen LogP contribution in [0.3, 0.4) is 0 Å². The maximum Gasteiger partial charge on any atom is 0.0446 e. The minimum atomic E-state index is 0.540. The Morgan fingerprint density at radius 3 is 2.21 bits per heavy atom. The van der Waals surface area contributed by atoms with E-state index in [9.17, 15) is 0 Å². The Morgan fingerprint density at radius 1 is 0.895 bits per heavy atom. The third-order valence-electron chi connectivity index (χ3n) is 4.06. The number of fused-ring (bicyclic) bond motifs is 1. The van der Waals surface area contributed by atoms with Crippen LogP contribution in [0, 0.1) is 20.8 Å². The van der Waals surface area contributed by atoms with Crippen LogP contribution in [-0.4, -0.2) is 6.04 Å². The molecule has 0 bridgehead atoms. The maximum absolute atomic E-state index is 2.49. The maximum atomic E-state index is 2.49. The van der Waals surface area contributed by atoms with Gasteiger partial charge in [-0.05, 0) is 57.4 Å². The van der Waals surface area contributed by atoms with E-state index in [2.05, 4.69) is 69.0 Å². The van der Waals surface area contributed by atoms with E-state index in [4.69, 9.17) is 0 Å². The molecule has 1 aliphatic rings. The average molecular weight is 251 g/mol. The van der Waals surface area contributed by atoms with E-state index in [0.29, 0.717) is 6.04 Å². The van der Waals surface area contributed by atoms with Crippen LogP contribution in [0.1, 0.15) is 29.2 Å². The number of aryl methyl sites for hydroxylation is 3. The first-order valence-electron chi connectivity index (χ1n) is 7.02. The molecule has 2 aromatic rings. The average Bonchev–Trinajstić information content (AvgIpc) is 2.65. The second-order valence-electron chi connectivity index (χ2n) is 5.85. The van der Waals surface area contributed by atoms with E-state index in [0.717, 1.165) is 6.42 Å². The van der Waals surface area contributed by atoms with Gasteiger partial charge in [0.2, 0.25) is 0 Å². The van der Waals surface area contributed by atoms with Crippen molar-refractivity contribution in [3.05, 3.63) is 58.7 Å². The molecule has 1 atom stereocenters. The number of nitrogens with zero attached hydrogens (tertiary/aromatic N) is 1. The lowest BCUT2D eigenvalue weighted by Gasteiger charge is -2.27. The number of benzene rings is 2. The van der Waals surface area contributed by atoms with Gasteiger partial charge < -0.3 is 4.90 Å². The summed E-state index contributed by atoms with van der Waals surface area (Å²) in [6.45, 7) is 8.85. The second kappa shape index (κ2) is 4.41. The molecular formula is C18H21N. The van der Waals surface area contributed by atoms with Crippen molar-refractivity contribution in [2.45, 2.75) is 40.2 Å². The fourth-order valence-corrected chi connectivity index (χ4v) is 3.20. The van der Waals surface area contributed by atoms with Crippen molar-refractivity contribution in [2.75, 3.05) is 4.90 Å². The lowest BCUT2D eigenvalue weighted by atomic mass is 10.1. The molecule has 3 rings (SSSR count).